The zero-order valence-corrected chi connectivity index (χ0v) is 16.4. The van der Waals surface area contributed by atoms with E-state index in [-0.39, 0.29) is 11.7 Å². The number of hydrogen-bond donors (Lipinski definition) is 1. The Morgan fingerprint density at radius 2 is 1.69 bits per heavy atom. The number of piperidine rings is 1. The van der Waals surface area contributed by atoms with Gasteiger partial charge in [0.1, 0.15) is 0 Å². The van der Waals surface area contributed by atoms with E-state index in [0.29, 0.717) is 38.6 Å². The molecule has 0 radical (unpaired) electrons. The summed E-state index contributed by atoms with van der Waals surface area (Å²) >= 11 is 0. The van der Waals surface area contributed by atoms with Crippen LogP contribution in [-0.2, 0) is 20.6 Å². The van der Waals surface area contributed by atoms with Crippen LogP contribution < -0.4 is 4.90 Å². The summed E-state index contributed by atoms with van der Waals surface area (Å²) in [6, 6.07) is 9.30. The Hall–Kier alpha value is -1.44. The van der Waals surface area contributed by atoms with Crippen molar-refractivity contribution in [1.82, 2.24) is 9.21 Å². The van der Waals surface area contributed by atoms with Crippen LogP contribution in [0.2, 0.25) is 0 Å². The van der Waals surface area contributed by atoms with Gasteiger partial charge in [-0.1, -0.05) is 37.3 Å². The number of sulfonamides is 1. The minimum absolute atomic E-state index is 0.0497. The second-order valence-electron chi connectivity index (χ2n) is 7.63. The zero-order valence-electron chi connectivity index (χ0n) is 15.6. The molecule has 1 aromatic carbocycles. The first kappa shape index (κ1) is 19.3. The molecule has 7 heteroatoms. The summed E-state index contributed by atoms with van der Waals surface area (Å²) in [5.41, 5.74) is 0.816. The highest BCUT2D eigenvalue weighted by atomic mass is 32.2. The molecule has 0 aliphatic carbocycles. The molecule has 2 aliphatic rings. The Morgan fingerprint density at radius 3 is 2.31 bits per heavy atom. The maximum absolute atomic E-state index is 12.6. The van der Waals surface area contributed by atoms with E-state index in [1.165, 1.54) is 4.90 Å². The molecule has 1 N–H and O–H groups in total. The lowest BCUT2D eigenvalue weighted by Crippen LogP contribution is -3.15. The molecule has 1 amide bonds. The minimum atomic E-state index is -3.29. The van der Waals surface area contributed by atoms with Crippen molar-refractivity contribution >= 4 is 15.9 Å². The molecule has 0 bridgehead atoms. The molecular formula is C19H30N3O3S+. The van der Waals surface area contributed by atoms with Gasteiger partial charge < -0.3 is 9.80 Å². The van der Waals surface area contributed by atoms with E-state index in [1.54, 1.807) is 4.31 Å². The fraction of sp³-hybridized carbons (Fsp3) is 0.632. The van der Waals surface area contributed by atoms with Gasteiger partial charge in [0.15, 0.2) is 6.54 Å². The Balaban J connectivity index is 1.47. The summed E-state index contributed by atoms with van der Waals surface area (Å²) in [5.74, 6) is 0.978. The maximum atomic E-state index is 12.6. The summed E-state index contributed by atoms with van der Waals surface area (Å²) in [6.07, 6.45) is 2.18. The molecule has 2 fully saturated rings. The zero-order chi connectivity index (χ0) is 18.6. The quantitative estimate of drug-likeness (QED) is 0.781. The van der Waals surface area contributed by atoms with Crippen LogP contribution in [0.25, 0.3) is 0 Å². The van der Waals surface area contributed by atoms with E-state index in [1.807, 2.05) is 35.2 Å². The summed E-state index contributed by atoms with van der Waals surface area (Å²) in [6.45, 7) is 6.84. The number of nitrogens with one attached hydrogen (secondary N) is 1. The average Bonchev–Trinajstić information content (AvgIpc) is 2.63. The van der Waals surface area contributed by atoms with Crippen LogP contribution in [-0.4, -0.2) is 69.3 Å². The highest BCUT2D eigenvalue weighted by molar-refractivity contribution is 7.88. The normalized spacial score (nSPS) is 21.0. The number of rotatable bonds is 5. The van der Waals surface area contributed by atoms with Gasteiger partial charge in [-0.2, -0.15) is 4.31 Å². The van der Waals surface area contributed by atoms with Crippen LogP contribution in [0.3, 0.4) is 0 Å². The number of carbonyl (C=O) groups is 1. The Kier molecular flexibility index (Phi) is 6.32. The van der Waals surface area contributed by atoms with Crippen LogP contribution in [0, 0.1) is 5.92 Å². The third-order valence-corrected chi connectivity index (χ3v) is 7.40. The summed E-state index contributed by atoms with van der Waals surface area (Å²) in [4.78, 5) is 15.6. The molecule has 3 rings (SSSR count). The van der Waals surface area contributed by atoms with E-state index < -0.39 is 10.0 Å². The molecule has 0 atom stereocenters. The van der Waals surface area contributed by atoms with Gasteiger partial charge >= 0.3 is 0 Å². The van der Waals surface area contributed by atoms with Crippen LogP contribution >= 0.6 is 0 Å². The topological polar surface area (TPSA) is 62.1 Å². The molecule has 0 unspecified atom stereocenters. The molecule has 144 valence electrons. The van der Waals surface area contributed by atoms with Gasteiger partial charge in [-0.3, -0.25) is 4.79 Å². The SMILES string of the molecule is CC1CCN(C(=O)C[NH+]2CCN(S(=O)(=O)Cc3ccccc3)CC2)CC1. The number of benzene rings is 1. The minimum Gasteiger partial charge on any atom is -0.338 e. The van der Waals surface area contributed by atoms with Gasteiger partial charge in [-0.15, -0.1) is 0 Å². The molecule has 0 spiro atoms. The monoisotopic (exact) mass is 380 g/mol. The number of likely N-dealkylation sites (tertiary alicyclic amines) is 1. The molecule has 2 aliphatic heterocycles. The van der Waals surface area contributed by atoms with E-state index in [2.05, 4.69) is 6.92 Å². The number of hydrogen-bond acceptors (Lipinski definition) is 3. The predicted octanol–water partition coefficient (Wildman–Crippen LogP) is -0.0246. The molecule has 26 heavy (non-hydrogen) atoms. The fourth-order valence-corrected chi connectivity index (χ4v) is 5.25. The van der Waals surface area contributed by atoms with Crippen molar-refractivity contribution in [1.29, 1.82) is 0 Å². The van der Waals surface area contributed by atoms with Crippen LogP contribution in [0.15, 0.2) is 30.3 Å². The van der Waals surface area contributed by atoms with Gasteiger partial charge in [-0.05, 0) is 24.3 Å². The molecular weight excluding hydrogens is 350 g/mol. The molecule has 2 heterocycles. The lowest BCUT2D eigenvalue weighted by molar-refractivity contribution is -0.896. The van der Waals surface area contributed by atoms with Crippen LogP contribution in [0.4, 0.5) is 0 Å². The molecule has 0 saturated carbocycles. The van der Waals surface area contributed by atoms with Crippen LogP contribution in [0.1, 0.15) is 25.3 Å². The van der Waals surface area contributed by atoms with Crippen molar-refractivity contribution in [3.05, 3.63) is 35.9 Å². The Morgan fingerprint density at radius 1 is 1.08 bits per heavy atom. The van der Waals surface area contributed by atoms with Gasteiger partial charge in [0.2, 0.25) is 10.0 Å². The first-order valence-corrected chi connectivity index (χ1v) is 11.2. The molecule has 6 nitrogen and oxygen atoms in total. The fourth-order valence-electron chi connectivity index (χ4n) is 3.72. The van der Waals surface area contributed by atoms with Crippen LogP contribution in [0.5, 0.6) is 0 Å². The number of quaternary nitrogens is 1. The lowest BCUT2D eigenvalue weighted by Gasteiger charge is -2.34. The summed E-state index contributed by atoms with van der Waals surface area (Å²) < 4.78 is 26.8. The second-order valence-corrected chi connectivity index (χ2v) is 9.60. The van der Waals surface area contributed by atoms with E-state index in [9.17, 15) is 13.2 Å². The van der Waals surface area contributed by atoms with Gasteiger partial charge in [-0.25, -0.2) is 8.42 Å². The Bertz CT molecular complexity index is 692. The van der Waals surface area contributed by atoms with Crippen molar-refractivity contribution < 1.29 is 18.1 Å². The standard InChI is InChI=1S/C19H29N3O3S/c1-17-7-9-21(10-8-17)19(23)15-20-11-13-22(14-12-20)26(24,25)16-18-5-3-2-4-6-18/h2-6,17H,7-16H2,1H3/p+1. The van der Waals surface area contributed by atoms with E-state index in [4.69, 9.17) is 0 Å². The van der Waals surface area contributed by atoms with Crippen molar-refractivity contribution in [3.8, 4) is 0 Å². The van der Waals surface area contributed by atoms with E-state index in [0.717, 1.165) is 31.5 Å². The predicted molar refractivity (Wildman–Crippen MR) is 101 cm³/mol. The van der Waals surface area contributed by atoms with Gasteiger partial charge in [0.05, 0.1) is 31.9 Å². The lowest BCUT2D eigenvalue weighted by atomic mass is 9.99. The van der Waals surface area contributed by atoms with Crippen molar-refractivity contribution in [2.45, 2.75) is 25.5 Å². The molecule has 0 aromatic heterocycles. The van der Waals surface area contributed by atoms with Crippen molar-refractivity contribution in [2.24, 2.45) is 5.92 Å². The Labute approximate surface area is 156 Å². The highest BCUT2D eigenvalue weighted by Crippen LogP contribution is 2.15. The summed E-state index contributed by atoms with van der Waals surface area (Å²) in [5, 5.41) is 0. The average molecular weight is 381 g/mol. The number of amides is 1. The largest absolute Gasteiger partial charge is 0.338 e. The van der Waals surface area contributed by atoms with Gasteiger partial charge in [0.25, 0.3) is 5.91 Å². The first-order chi connectivity index (χ1) is 12.4. The third kappa shape index (κ3) is 5.05. The number of carbonyl (C=O) groups excluding carboxylic acids is 1. The molecule has 1 aromatic rings. The van der Waals surface area contributed by atoms with E-state index >= 15 is 0 Å². The second kappa shape index (κ2) is 8.50. The smallest absolute Gasteiger partial charge is 0.277 e. The van der Waals surface area contributed by atoms with Gasteiger partial charge in [0, 0.05) is 13.1 Å². The number of piperazine rings is 1. The van der Waals surface area contributed by atoms with Crippen molar-refractivity contribution in [3.63, 3.8) is 0 Å². The molecule has 2 saturated heterocycles. The summed E-state index contributed by atoms with van der Waals surface area (Å²) in [7, 11) is -3.29. The van der Waals surface area contributed by atoms with Crippen molar-refractivity contribution in [2.75, 3.05) is 45.8 Å². The maximum Gasteiger partial charge on any atom is 0.277 e. The first-order valence-electron chi connectivity index (χ1n) is 9.57. The number of nitrogens with zero attached hydrogens (tertiary/aromatic N) is 2. The third-order valence-electron chi connectivity index (χ3n) is 5.55. The highest BCUT2D eigenvalue weighted by Gasteiger charge is 2.31.